The van der Waals surface area contributed by atoms with Crippen molar-refractivity contribution in [1.29, 1.82) is 0 Å². The van der Waals surface area contributed by atoms with Gasteiger partial charge in [0.1, 0.15) is 0 Å². The zero-order chi connectivity index (χ0) is 25.8. The Hall–Kier alpha value is -3.24. The second-order valence-corrected chi connectivity index (χ2v) is 9.87. The van der Waals surface area contributed by atoms with Crippen LogP contribution in [0.4, 0.5) is 5.69 Å². The van der Waals surface area contributed by atoms with E-state index in [1.165, 1.54) is 31.2 Å². The van der Waals surface area contributed by atoms with Crippen LogP contribution in [0, 0.1) is 34.6 Å². The zero-order valence-corrected chi connectivity index (χ0v) is 21.1. The van der Waals surface area contributed by atoms with Gasteiger partial charge in [-0.25, -0.2) is 13.1 Å². The van der Waals surface area contributed by atoms with Crippen molar-refractivity contribution in [3.8, 4) is 0 Å². The molecule has 0 bridgehead atoms. The number of amides is 2. The number of carbonyl (C=O) groups is 3. The fourth-order valence-electron chi connectivity index (χ4n) is 3.50. The third kappa shape index (κ3) is 6.21. The highest BCUT2D eigenvalue weighted by Crippen LogP contribution is 2.29. The predicted octanol–water partition coefficient (Wildman–Crippen LogP) is 2.57. The van der Waals surface area contributed by atoms with Crippen molar-refractivity contribution in [2.75, 3.05) is 11.9 Å². The Balaban J connectivity index is 1.94. The third-order valence-electron chi connectivity index (χ3n) is 5.94. The number of primary amides is 1. The maximum atomic E-state index is 12.9. The van der Waals surface area contributed by atoms with Crippen molar-refractivity contribution in [3.63, 3.8) is 0 Å². The molecule has 1 unspecified atom stereocenters. The van der Waals surface area contributed by atoms with Gasteiger partial charge in [0.05, 0.1) is 11.3 Å². The van der Waals surface area contributed by atoms with Crippen LogP contribution in [0.2, 0.25) is 0 Å². The second-order valence-electron chi connectivity index (χ2n) is 8.16. The summed E-state index contributed by atoms with van der Waals surface area (Å²) in [5, 5.41) is 2.56. The van der Waals surface area contributed by atoms with Gasteiger partial charge < -0.3 is 15.8 Å². The molecule has 0 aliphatic rings. The number of anilines is 1. The first kappa shape index (κ1) is 27.0. The zero-order valence-electron chi connectivity index (χ0n) is 20.2. The van der Waals surface area contributed by atoms with Crippen molar-refractivity contribution in [2.24, 2.45) is 5.73 Å². The number of nitrogens with one attached hydrogen (secondary N) is 2. The quantitative estimate of drug-likeness (QED) is 0.462. The van der Waals surface area contributed by atoms with Crippen molar-refractivity contribution < 1.29 is 27.5 Å². The first-order valence-electron chi connectivity index (χ1n) is 10.7. The van der Waals surface area contributed by atoms with Gasteiger partial charge in [-0.2, -0.15) is 0 Å². The molecule has 0 saturated carbocycles. The lowest BCUT2D eigenvalue weighted by molar-refractivity contribution is -0.152. The minimum atomic E-state index is -3.84. The highest BCUT2D eigenvalue weighted by atomic mass is 32.2. The summed E-state index contributed by atoms with van der Waals surface area (Å²) in [7, 11) is -3.84. The van der Waals surface area contributed by atoms with Crippen LogP contribution < -0.4 is 15.8 Å². The molecule has 0 aliphatic carbocycles. The molecule has 2 rings (SSSR count). The first-order valence-corrected chi connectivity index (χ1v) is 12.2. The molecule has 4 N–H and O–H groups in total. The second kappa shape index (κ2) is 10.8. The molecular formula is C24H31N3O6S. The summed E-state index contributed by atoms with van der Waals surface area (Å²) in [5.74, 6) is -1.88. The smallest absolute Gasteiger partial charge is 0.307 e. The molecule has 10 heteroatoms. The van der Waals surface area contributed by atoms with Gasteiger partial charge in [-0.1, -0.05) is 0 Å². The van der Waals surface area contributed by atoms with Gasteiger partial charge in [-0.05, 0) is 93.6 Å². The molecule has 2 aromatic carbocycles. The van der Waals surface area contributed by atoms with E-state index in [2.05, 4.69) is 10.0 Å². The molecule has 0 aliphatic heterocycles. The summed E-state index contributed by atoms with van der Waals surface area (Å²) in [5.41, 5.74) is 10.1. The van der Waals surface area contributed by atoms with E-state index in [0.717, 1.165) is 16.7 Å². The van der Waals surface area contributed by atoms with E-state index in [0.29, 0.717) is 22.4 Å². The molecule has 2 aromatic rings. The van der Waals surface area contributed by atoms with E-state index in [1.807, 2.05) is 20.8 Å². The average molecular weight is 490 g/mol. The Morgan fingerprint density at radius 3 is 1.91 bits per heavy atom. The van der Waals surface area contributed by atoms with Gasteiger partial charge >= 0.3 is 5.97 Å². The van der Waals surface area contributed by atoms with Crippen LogP contribution in [0.15, 0.2) is 29.2 Å². The first-order chi connectivity index (χ1) is 15.8. The third-order valence-corrected chi connectivity index (χ3v) is 7.67. The van der Waals surface area contributed by atoms with Crippen molar-refractivity contribution in [2.45, 2.75) is 59.0 Å². The Kier molecular flexibility index (Phi) is 8.57. The maximum Gasteiger partial charge on any atom is 0.307 e. The fourth-order valence-corrected chi connectivity index (χ4v) is 5.13. The van der Waals surface area contributed by atoms with Crippen molar-refractivity contribution >= 4 is 33.5 Å². The number of ether oxygens (including phenoxy) is 1. The van der Waals surface area contributed by atoms with Gasteiger partial charge in [0, 0.05) is 17.8 Å². The standard InChI is InChI=1S/C24H31N3O6S/c1-13-14(2)16(4)22(17(5)15(13)3)34(31,32)26-12-11-21(28)33-18(6)24(30)27-20-9-7-19(8-10-20)23(25)29/h7-10,18,26H,11-12H2,1-6H3,(H2,25,29)(H,27,30). The normalized spacial score (nSPS) is 12.2. The summed E-state index contributed by atoms with van der Waals surface area (Å²) < 4.78 is 33.4. The van der Waals surface area contributed by atoms with E-state index in [-0.39, 0.29) is 17.9 Å². The van der Waals surface area contributed by atoms with Crippen LogP contribution in [0.3, 0.4) is 0 Å². The molecule has 1 atom stereocenters. The number of sulfonamides is 1. The molecule has 0 saturated heterocycles. The summed E-state index contributed by atoms with van der Waals surface area (Å²) in [6.45, 7) is 10.5. The average Bonchev–Trinajstić information content (AvgIpc) is 2.76. The van der Waals surface area contributed by atoms with Gasteiger partial charge in [-0.15, -0.1) is 0 Å². The van der Waals surface area contributed by atoms with Crippen LogP contribution in [-0.2, 0) is 24.3 Å². The summed E-state index contributed by atoms with van der Waals surface area (Å²) in [6, 6.07) is 5.92. The van der Waals surface area contributed by atoms with Gasteiger partial charge in [0.25, 0.3) is 5.91 Å². The van der Waals surface area contributed by atoms with Crippen LogP contribution in [0.25, 0.3) is 0 Å². The number of esters is 1. The molecular weight excluding hydrogens is 458 g/mol. The summed E-state index contributed by atoms with van der Waals surface area (Å²) in [4.78, 5) is 35.7. The molecule has 0 spiro atoms. The van der Waals surface area contributed by atoms with Crippen LogP contribution in [0.5, 0.6) is 0 Å². The number of benzene rings is 2. The Morgan fingerprint density at radius 1 is 0.912 bits per heavy atom. The highest BCUT2D eigenvalue weighted by Gasteiger charge is 2.24. The SMILES string of the molecule is Cc1c(C)c(C)c(S(=O)(=O)NCCC(=O)OC(C)C(=O)Nc2ccc(C(N)=O)cc2)c(C)c1C. The van der Waals surface area contributed by atoms with Crippen LogP contribution in [-0.4, -0.2) is 38.9 Å². The van der Waals surface area contributed by atoms with E-state index in [4.69, 9.17) is 10.5 Å². The van der Waals surface area contributed by atoms with E-state index >= 15 is 0 Å². The van der Waals surface area contributed by atoms with Crippen LogP contribution in [0.1, 0.15) is 51.5 Å². The van der Waals surface area contributed by atoms with E-state index in [9.17, 15) is 22.8 Å². The lowest BCUT2D eigenvalue weighted by Gasteiger charge is -2.19. The lowest BCUT2D eigenvalue weighted by Crippen LogP contribution is -2.32. The fraction of sp³-hybridized carbons (Fsp3) is 0.375. The summed E-state index contributed by atoms with van der Waals surface area (Å²) in [6.07, 6.45) is -1.35. The number of hydrogen-bond donors (Lipinski definition) is 3. The van der Waals surface area contributed by atoms with E-state index in [1.54, 1.807) is 13.8 Å². The molecule has 34 heavy (non-hydrogen) atoms. The predicted molar refractivity (Wildman–Crippen MR) is 129 cm³/mol. The number of hydrogen-bond acceptors (Lipinski definition) is 6. The molecule has 9 nitrogen and oxygen atoms in total. The Morgan fingerprint density at radius 2 is 1.41 bits per heavy atom. The largest absolute Gasteiger partial charge is 0.452 e. The minimum Gasteiger partial charge on any atom is -0.452 e. The van der Waals surface area contributed by atoms with Gasteiger partial charge in [0.15, 0.2) is 6.10 Å². The maximum absolute atomic E-state index is 12.9. The van der Waals surface area contributed by atoms with Crippen molar-refractivity contribution in [1.82, 2.24) is 4.72 Å². The highest BCUT2D eigenvalue weighted by molar-refractivity contribution is 7.89. The molecule has 184 valence electrons. The number of carbonyl (C=O) groups excluding carboxylic acids is 3. The topological polar surface area (TPSA) is 145 Å². The lowest BCUT2D eigenvalue weighted by atomic mass is 9.95. The monoisotopic (exact) mass is 489 g/mol. The summed E-state index contributed by atoms with van der Waals surface area (Å²) >= 11 is 0. The van der Waals surface area contributed by atoms with Crippen molar-refractivity contribution in [3.05, 3.63) is 57.6 Å². The van der Waals surface area contributed by atoms with Gasteiger partial charge in [0.2, 0.25) is 15.9 Å². The molecule has 0 radical (unpaired) electrons. The number of nitrogens with two attached hydrogens (primary N) is 1. The minimum absolute atomic E-state index is 0.172. The van der Waals surface area contributed by atoms with Crippen LogP contribution >= 0.6 is 0 Å². The molecule has 0 heterocycles. The van der Waals surface area contributed by atoms with E-state index < -0.39 is 33.9 Å². The Labute approximate surface area is 200 Å². The van der Waals surface area contributed by atoms with Gasteiger partial charge in [-0.3, -0.25) is 14.4 Å². The molecule has 0 fully saturated rings. The molecule has 0 aromatic heterocycles. The Bertz CT molecular complexity index is 1190. The molecule has 2 amide bonds. The number of rotatable bonds is 9.